The highest BCUT2D eigenvalue weighted by Crippen LogP contribution is 2.15. The Balaban J connectivity index is 2.56. The lowest BCUT2D eigenvalue weighted by Crippen LogP contribution is -2.04. The fraction of sp³-hybridized carbons (Fsp3) is 0.455. The van der Waals surface area contributed by atoms with Crippen LogP contribution in [0, 0.1) is 13.8 Å². The van der Waals surface area contributed by atoms with E-state index in [9.17, 15) is 0 Å². The first kappa shape index (κ1) is 10.1. The summed E-state index contributed by atoms with van der Waals surface area (Å²) >= 11 is 0. The summed E-state index contributed by atoms with van der Waals surface area (Å²) in [5, 5.41) is 11.9. The van der Waals surface area contributed by atoms with E-state index < -0.39 is 0 Å². The molecule has 2 nitrogen and oxygen atoms in total. The van der Waals surface area contributed by atoms with Crippen LogP contribution in [0.4, 0.5) is 5.69 Å². The molecule has 0 atom stereocenters. The van der Waals surface area contributed by atoms with Crippen LogP contribution >= 0.6 is 0 Å². The van der Waals surface area contributed by atoms with Crippen molar-refractivity contribution >= 4 is 5.69 Å². The van der Waals surface area contributed by atoms with Gasteiger partial charge in [0, 0.05) is 18.8 Å². The third-order valence-corrected chi connectivity index (χ3v) is 2.03. The van der Waals surface area contributed by atoms with Crippen molar-refractivity contribution in [2.45, 2.75) is 20.3 Å². The number of hydrogen-bond acceptors (Lipinski definition) is 2. The van der Waals surface area contributed by atoms with Crippen molar-refractivity contribution in [2.24, 2.45) is 0 Å². The lowest BCUT2D eigenvalue weighted by molar-refractivity contribution is 0.292. The van der Waals surface area contributed by atoms with Crippen LogP contribution in [-0.2, 0) is 0 Å². The van der Waals surface area contributed by atoms with E-state index in [4.69, 9.17) is 5.11 Å². The molecule has 0 aliphatic rings. The standard InChI is InChI=1S/C11H17NO/c1-9-4-5-11(10(2)8-9)12-6-3-7-13/h4-5,8,12-13H,3,6-7H2,1-2H3. The number of benzene rings is 1. The Labute approximate surface area is 79.6 Å². The molecule has 0 bridgehead atoms. The highest BCUT2D eigenvalue weighted by Gasteiger charge is 1.96. The van der Waals surface area contributed by atoms with Crippen molar-refractivity contribution in [1.29, 1.82) is 0 Å². The molecule has 0 spiro atoms. The molecule has 0 fully saturated rings. The van der Waals surface area contributed by atoms with E-state index in [0.29, 0.717) is 0 Å². The third-order valence-electron chi connectivity index (χ3n) is 2.03. The molecule has 13 heavy (non-hydrogen) atoms. The molecule has 2 N–H and O–H groups in total. The second-order valence-corrected chi connectivity index (χ2v) is 3.32. The average molecular weight is 179 g/mol. The van der Waals surface area contributed by atoms with Gasteiger partial charge in [-0.05, 0) is 31.9 Å². The highest BCUT2D eigenvalue weighted by molar-refractivity contribution is 5.51. The quantitative estimate of drug-likeness (QED) is 0.694. The van der Waals surface area contributed by atoms with E-state index >= 15 is 0 Å². The molecule has 72 valence electrons. The van der Waals surface area contributed by atoms with Gasteiger partial charge in [-0.1, -0.05) is 17.7 Å². The first-order chi connectivity index (χ1) is 6.24. The number of aliphatic hydroxyl groups is 1. The van der Waals surface area contributed by atoms with Gasteiger partial charge in [0.1, 0.15) is 0 Å². The lowest BCUT2D eigenvalue weighted by atomic mass is 10.1. The zero-order valence-electron chi connectivity index (χ0n) is 8.30. The van der Waals surface area contributed by atoms with E-state index in [1.165, 1.54) is 16.8 Å². The first-order valence-electron chi connectivity index (χ1n) is 4.66. The Hall–Kier alpha value is -1.02. The summed E-state index contributed by atoms with van der Waals surface area (Å²) in [7, 11) is 0. The van der Waals surface area contributed by atoms with Gasteiger partial charge < -0.3 is 10.4 Å². The van der Waals surface area contributed by atoms with Crippen molar-refractivity contribution in [3.63, 3.8) is 0 Å². The fourth-order valence-corrected chi connectivity index (χ4v) is 1.31. The molecule has 2 heteroatoms. The van der Waals surface area contributed by atoms with Crippen molar-refractivity contribution in [3.8, 4) is 0 Å². The monoisotopic (exact) mass is 179 g/mol. The zero-order chi connectivity index (χ0) is 9.68. The largest absolute Gasteiger partial charge is 0.396 e. The number of hydrogen-bond donors (Lipinski definition) is 2. The average Bonchev–Trinajstić information content (AvgIpc) is 2.09. The van der Waals surface area contributed by atoms with Gasteiger partial charge in [-0.25, -0.2) is 0 Å². The Morgan fingerprint density at radius 1 is 1.31 bits per heavy atom. The van der Waals surface area contributed by atoms with Crippen molar-refractivity contribution in [3.05, 3.63) is 29.3 Å². The molecular formula is C11H17NO. The molecule has 0 amide bonds. The van der Waals surface area contributed by atoms with Crippen LogP contribution < -0.4 is 5.32 Å². The predicted octanol–water partition coefficient (Wildman–Crippen LogP) is 2.10. The van der Waals surface area contributed by atoms with Crippen LogP contribution in [0.15, 0.2) is 18.2 Å². The van der Waals surface area contributed by atoms with Gasteiger partial charge in [-0.15, -0.1) is 0 Å². The zero-order valence-corrected chi connectivity index (χ0v) is 8.30. The van der Waals surface area contributed by atoms with Gasteiger partial charge in [0.25, 0.3) is 0 Å². The number of nitrogens with one attached hydrogen (secondary N) is 1. The van der Waals surface area contributed by atoms with E-state index in [0.717, 1.165) is 13.0 Å². The summed E-state index contributed by atoms with van der Waals surface area (Å²) in [6.45, 7) is 5.26. The van der Waals surface area contributed by atoms with Crippen LogP contribution in [-0.4, -0.2) is 18.3 Å². The SMILES string of the molecule is Cc1ccc(NCCCO)c(C)c1. The molecular weight excluding hydrogens is 162 g/mol. The van der Waals surface area contributed by atoms with Crippen LogP contribution in [0.2, 0.25) is 0 Å². The maximum absolute atomic E-state index is 8.62. The molecule has 0 aromatic heterocycles. The molecule has 0 unspecified atom stereocenters. The van der Waals surface area contributed by atoms with E-state index in [1.54, 1.807) is 0 Å². The summed E-state index contributed by atoms with van der Waals surface area (Å²) in [6, 6.07) is 6.33. The third kappa shape index (κ3) is 3.07. The topological polar surface area (TPSA) is 32.3 Å². The lowest BCUT2D eigenvalue weighted by Gasteiger charge is -2.09. The Kier molecular flexibility index (Phi) is 3.77. The van der Waals surface area contributed by atoms with Crippen LogP contribution in [0.3, 0.4) is 0 Å². The highest BCUT2D eigenvalue weighted by atomic mass is 16.3. The summed E-state index contributed by atoms with van der Waals surface area (Å²) in [4.78, 5) is 0. The van der Waals surface area contributed by atoms with Crippen LogP contribution in [0.5, 0.6) is 0 Å². The molecule has 0 aliphatic heterocycles. The first-order valence-corrected chi connectivity index (χ1v) is 4.66. The Bertz CT molecular complexity index is 271. The predicted molar refractivity (Wildman–Crippen MR) is 56.1 cm³/mol. The maximum Gasteiger partial charge on any atom is 0.0447 e. The fourth-order valence-electron chi connectivity index (χ4n) is 1.31. The minimum Gasteiger partial charge on any atom is -0.396 e. The van der Waals surface area contributed by atoms with Gasteiger partial charge in [-0.3, -0.25) is 0 Å². The molecule has 0 saturated carbocycles. The number of anilines is 1. The second kappa shape index (κ2) is 4.87. The number of rotatable bonds is 4. The minimum absolute atomic E-state index is 0.248. The molecule has 0 aliphatic carbocycles. The molecule has 1 aromatic rings. The van der Waals surface area contributed by atoms with Gasteiger partial charge >= 0.3 is 0 Å². The molecule has 1 aromatic carbocycles. The van der Waals surface area contributed by atoms with Crippen molar-refractivity contribution < 1.29 is 5.11 Å². The summed E-state index contributed by atoms with van der Waals surface area (Å²) < 4.78 is 0. The number of aryl methyl sites for hydroxylation is 2. The number of aliphatic hydroxyl groups excluding tert-OH is 1. The summed E-state index contributed by atoms with van der Waals surface area (Å²) in [5.74, 6) is 0. The molecule has 0 heterocycles. The normalized spacial score (nSPS) is 10.1. The minimum atomic E-state index is 0.248. The van der Waals surface area contributed by atoms with Gasteiger partial charge in [0.15, 0.2) is 0 Å². The van der Waals surface area contributed by atoms with Gasteiger partial charge in [0.05, 0.1) is 0 Å². The smallest absolute Gasteiger partial charge is 0.0447 e. The molecule has 0 saturated heterocycles. The van der Waals surface area contributed by atoms with Crippen LogP contribution in [0.25, 0.3) is 0 Å². The van der Waals surface area contributed by atoms with Gasteiger partial charge in [-0.2, -0.15) is 0 Å². The maximum atomic E-state index is 8.62. The summed E-state index contributed by atoms with van der Waals surface area (Å²) in [6.07, 6.45) is 0.799. The van der Waals surface area contributed by atoms with E-state index in [-0.39, 0.29) is 6.61 Å². The van der Waals surface area contributed by atoms with Crippen molar-refractivity contribution in [1.82, 2.24) is 0 Å². The van der Waals surface area contributed by atoms with Crippen molar-refractivity contribution in [2.75, 3.05) is 18.5 Å². The molecule has 1 rings (SSSR count). The Morgan fingerprint density at radius 3 is 2.69 bits per heavy atom. The summed E-state index contributed by atoms with van der Waals surface area (Å²) in [5.41, 5.74) is 3.71. The second-order valence-electron chi connectivity index (χ2n) is 3.32. The van der Waals surface area contributed by atoms with Crippen LogP contribution in [0.1, 0.15) is 17.5 Å². The Morgan fingerprint density at radius 2 is 2.08 bits per heavy atom. The van der Waals surface area contributed by atoms with E-state index in [1.807, 2.05) is 0 Å². The van der Waals surface area contributed by atoms with Gasteiger partial charge in [0.2, 0.25) is 0 Å². The van der Waals surface area contributed by atoms with E-state index in [2.05, 4.69) is 37.4 Å². The molecule has 0 radical (unpaired) electrons.